The molecule has 1 aromatic heterocycles. The van der Waals surface area contributed by atoms with Crippen LogP contribution in [-0.4, -0.2) is 36.7 Å². The third-order valence-corrected chi connectivity index (χ3v) is 7.66. The molecular formula is C25H23FN4O4S. The van der Waals surface area contributed by atoms with Gasteiger partial charge in [-0.25, -0.2) is 17.8 Å². The van der Waals surface area contributed by atoms with Crippen molar-refractivity contribution < 1.29 is 22.3 Å². The summed E-state index contributed by atoms with van der Waals surface area (Å²) < 4.78 is 45.6. The number of amides is 1. The number of carbonyl (C=O) groups excluding carboxylic acids is 1. The van der Waals surface area contributed by atoms with Crippen LogP contribution in [0.25, 0.3) is 0 Å². The van der Waals surface area contributed by atoms with Gasteiger partial charge >= 0.3 is 0 Å². The molecule has 4 rings (SSSR count). The Labute approximate surface area is 203 Å². The number of ether oxygens (including phenoxy) is 1. The van der Waals surface area contributed by atoms with Gasteiger partial charge in [0.25, 0.3) is 0 Å². The van der Waals surface area contributed by atoms with Gasteiger partial charge in [-0.05, 0) is 66.9 Å². The minimum Gasteiger partial charge on any atom is -0.439 e. The second kappa shape index (κ2) is 10.6. The summed E-state index contributed by atoms with van der Waals surface area (Å²) in [5.74, 6) is 0.0496. The van der Waals surface area contributed by atoms with Crippen LogP contribution in [0.1, 0.15) is 24.0 Å². The molecule has 2 aromatic carbocycles. The van der Waals surface area contributed by atoms with Gasteiger partial charge in [-0.15, -0.1) is 0 Å². The molecule has 1 aliphatic heterocycles. The Morgan fingerprint density at radius 1 is 1.09 bits per heavy atom. The van der Waals surface area contributed by atoms with Gasteiger partial charge in [-0.1, -0.05) is 6.07 Å². The van der Waals surface area contributed by atoms with Crippen LogP contribution in [0, 0.1) is 23.1 Å². The number of nitrogens with one attached hydrogen (secondary N) is 1. The number of carbonyl (C=O) groups is 1. The topological polar surface area (TPSA) is 112 Å². The predicted molar refractivity (Wildman–Crippen MR) is 125 cm³/mol. The average molecular weight is 495 g/mol. The number of hydrogen-bond acceptors (Lipinski definition) is 6. The van der Waals surface area contributed by atoms with Crippen molar-refractivity contribution in [3.05, 3.63) is 83.8 Å². The van der Waals surface area contributed by atoms with Crippen molar-refractivity contribution in [2.24, 2.45) is 5.92 Å². The Kier molecular flexibility index (Phi) is 7.39. The predicted octanol–water partition coefficient (Wildman–Crippen LogP) is 3.60. The second-order valence-electron chi connectivity index (χ2n) is 8.09. The van der Waals surface area contributed by atoms with Crippen LogP contribution in [0.15, 0.2) is 71.8 Å². The molecule has 0 bridgehead atoms. The molecule has 35 heavy (non-hydrogen) atoms. The summed E-state index contributed by atoms with van der Waals surface area (Å²) in [7, 11) is -3.67. The first-order chi connectivity index (χ1) is 16.8. The van der Waals surface area contributed by atoms with E-state index in [0.29, 0.717) is 30.0 Å². The van der Waals surface area contributed by atoms with Gasteiger partial charge in [-0.3, -0.25) is 4.79 Å². The highest BCUT2D eigenvalue weighted by Gasteiger charge is 2.32. The molecule has 0 unspecified atom stereocenters. The van der Waals surface area contributed by atoms with E-state index in [2.05, 4.69) is 10.3 Å². The number of aromatic nitrogens is 1. The van der Waals surface area contributed by atoms with Crippen molar-refractivity contribution in [2.75, 3.05) is 13.1 Å². The van der Waals surface area contributed by atoms with Gasteiger partial charge in [0, 0.05) is 37.8 Å². The highest BCUT2D eigenvalue weighted by molar-refractivity contribution is 7.89. The van der Waals surface area contributed by atoms with Crippen LogP contribution in [-0.2, 0) is 21.4 Å². The lowest BCUT2D eigenvalue weighted by Gasteiger charge is -2.30. The monoisotopic (exact) mass is 494 g/mol. The van der Waals surface area contributed by atoms with E-state index in [1.807, 2.05) is 6.07 Å². The Balaban J connectivity index is 1.26. The maximum atomic E-state index is 13.0. The first kappa shape index (κ1) is 24.3. The maximum Gasteiger partial charge on any atom is 0.243 e. The fourth-order valence-corrected chi connectivity index (χ4v) is 5.21. The van der Waals surface area contributed by atoms with Crippen LogP contribution >= 0.6 is 0 Å². The number of piperidine rings is 1. The molecule has 0 radical (unpaired) electrons. The van der Waals surface area contributed by atoms with Crippen molar-refractivity contribution in [3.8, 4) is 17.7 Å². The van der Waals surface area contributed by atoms with Crippen LogP contribution in [0.5, 0.6) is 11.6 Å². The minimum absolute atomic E-state index is 0.132. The van der Waals surface area contributed by atoms with Crippen molar-refractivity contribution in [3.63, 3.8) is 0 Å². The number of rotatable bonds is 7. The van der Waals surface area contributed by atoms with Crippen molar-refractivity contribution in [1.29, 1.82) is 5.26 Å². The summed E-state index contributed by atoms with van der Waals surface area (Å²) in [6.07, 6.45) is 2.43. The highest BCUT2D eigenvalue weighted by atomic mass is 32.2. The van der Waals surface area contributed by atoms with E-state index < -0.39 is 10.0 Å². The lowest BCUT2D eigenvalue weighted by Crippen LogP contribution is -2.42. The third-order valence-electron chi connectivity index (χ3n) is 5.75. The minimum atomic E-state index is -3.67. The first-order valence-electron chi connectivity index (χ1n) is 11.0. The molecule has 0 saturated carbocycles. The second-order valence-corrected chi connectivity index (χ2v) is 10.0. The van der Waals surface area contributed by atoms with Gasteiger partial charge in [-0.2, -0.15) is 9.57 Å². The molecule has 1 aliphatic rings. The van der Waals surface area contributed by atoms with Gasteiger partial charge < -0.3 is 10.1 Å². The number of nitrogens with zero attached hydrogens (tertiary/aromatic N) is 3. The van der Waals surface area contributed by atoms with E-state index in [1.54, 1.807) is 18.3 Å². The fourth-order valence-electron chi connectivity index (χ4n) is 3.74. The number of nitriles is 1. The highest BCUT2D eigenvalue weighted by Crippen LogP contribution is 2.24. The Hall–Kier alpha value is -3.81. The zero-order valence-electron chi connectivity index (χ0n) is 18.7. The number of pyridine rings is 1. The molecule has 1 saturated heterocycles. The van der Waals surface area contributed by atoms with Crippen LogP contribution < -0.4 is 10.1 Å². The summed E-state index contributed by atoms with van der Waals surface area (Å²) in [6.45, 7) is 0.779. The van der Waals surface area contributed by atoms with Gasteiger partial charge in [0.15, 0.2) is 0 Å². The van der Waals surface area contributed by atoms with Gasteiger partial charge in [0.1, 0.15) is 11.6 Å². The molecule has 8 nitrogen and oxygen atoms in total. The van der Waals surface area contributed by atoms with E-state index in [4.69, 9.17) is 10.00 Å². The number of hydrogen-bond donors (Lipinski definition) is 1. The lowest BCUT2D eigenvalue weighted by atomic mass is 9.97. The molecule has 0 aliphatic carbocycles. The number of halogens is 1. The van der Waals surface area contributed by atoms with Crippen molar-refractivity contribution >= 4 is 15.9 Å². The third kappa shape index (κ3) is 6.01. The molecule has 1 amide bonds. The first-order valence-corrected chi connectivity index (χ1v) is 12.5. The average Bonchev–Trinajstić information content (AvgIpc) is 2.89. The Morgan fingerprint density at radius 3 is 2.37 bits per heavy atom. The molecule has 3 aromatic rings. The van der Waals surface area contributed by atoms with Gasteiger partial charge in [0.05, 0.1) is 16.5 Å². The normalized spacial score (nSPS) is 14.7. The standard InChI is InChI=1S/C25H23FN4O4S/c26-21-4-6-22(7-5-21)34-24-10-3-19(16-28-24)17-29-25(31)20-11-13-30(14-12-20)35(32,33)23-8-1-18(15-27)2-9-23/h1-10,16,20H,11-14,17H2,(H,29,31). The fraction of sp³-hybridized carbons (Fsp3) is 0.240. The largest absolute Gasteiger partial charge is 0.439 e. The zero-order valence-corrected chi connectivity index (χ0v) is 19.5. The summed E-state index contributed by atoms with van der Waals surface area (Å²) in [4.78, 5) is 17.0. The molecule has 2 heterocycles. The van der Waals surface area contributed by atoms with E-state index in [-0.39, 0.29) is 42.2 Å². The van der Waals surface area contributed by atoms with E-state index >= 15 is 0 Å². The Bertz CT molecular complexity index is 1310. The molecular weight excluding hydrogens is 471 g/mol. The summed E-state index contributed by atoms with van der Waals surface area (Å²) >= 11 is 0. The molecule has 10 heteroatoms. The summed E-state index contributed by atoms with van der Waals surface area (Å²) in [5.41, 5.74) is 1.18. The van der Waals surface area contributed by atoms with Gasteiger partial charge in [0.2, 0.25) is 21.8 Å². The molecule has 1 N–H and O–H groups in total. The molecule has 180 valence electrons. The number of benzene rings is 2. The van der Waals surface area contributed by atoms with E-state index in [9.17, 15) is 17.6 Å². The van der Waals surface area contributed by atoms with E-state index in [1.165, 1.54) is 52.8 Å². The summed E-state index contributed by atoms with van der Waals surface area (Å²) in [5, 5.41) is 11.8. The SMILES string of the molecule is N#Cc1ccc(S(=O)(=O)N2CCC(C(=O)NCc3ccc(Oc4ccc(F)cc4)nc3)CC2)cc1. The maximum absolute atomic E-state index is 13.0. The van der Waals surface area contributed by atoms with Crippen molar-refractivity contribution in [2.45, 2.75) is 24.3 Å². The van der Waals surface area contributed by atoms with Crippen LogP contribution in [0.3, 0.4) is 0 Å². The molecule has 0 atom stereocenters. The quantitative estimate of drug-likeness (QED) is 0.537. The molecule has 1 fully saturated rings. The van der Waals surface area contributed by atoms with Crippen LogP contribution in [0.2, 0.25) is 0 Å². The lowest BCUT2D eigenvalue weighted by molar-refractivity contribution is -0.126. The smallest absolute Gasteiger partial charge is 0.243 e. The van der Waals surface area contributed by atoms with E-state index in [0.717, 1.165) is 5.56 Å². The molecule has 0 spiro atoms. The zero-order chi connectivity index (χ0) is 24.8. The van der Waals surface area contributed by atoms with Crippen molar-refractivity contribution in [1.82, 2.24) is 14.6 Å². The summed E-state index contributed by atoms with van der Waals surface area (Å²) in [6, 6.07) is 16.8. The van der Waals surface area contributed by atoms with Crippen LogP contribution in [0.4, 0.5) is 4.39 Å². The Morgan fingerprint density at radius 2 is 1.77 bits per heavy atom. The number of sulfonamides is 1.